The molecule has 0 aromatic rings. The highest BCUT2D eigenvalue weighted by molar-refractivity contribution is 7.47. The van der Waals surface area contributed by atoms with Crippen LogP contribution in [0.3, 0.4) is 0 Å². The van der Waals surface area contributed by atoms with E-state index in [1.807, 2.05) is 45.4 Å². The van der Waals surface area contributed by atoms with Crippen LogP contribution in [-0.4, -0.2) is 84.6 Å². The van der Waals surface area contributed by atoms with Crippen LogP contribution < -0.4 is 5.32 Å². The number of allylic oxidation sites excluding steroid dienone is 4. The second-order valence-electron chi connectivity index (χ2n) is 15.5. The van der Waals surface area contributed by atoms with E-state index < -0.39 is 26.1 Å². The van der Waals surface area contributed by atoms with Crippen molar-refractivity contribution in [3.05, 3.63) is 36.5 Å². The third-order valence-electron chi connectivity index (χ3n) is 9.23. The van der Waals surface area contributed by atoms with Gasteiger partial charge in [-0.15, -0.1) is 0 Å². The van der Waals surface area contributed by atoms with E-state index in [1.54, 1.807) is 0 Å². The molecule has 0 aliphatic rings. The molecule has 0 fully saturated rings. The lowest BCUT2D eigenvalue weighted by molar-refractivity contribution is -0.870. The Kier molecular flexibility index (Phi) is 33.3. The number of nitrogens with one attached hydrogen (secondary N) is 1. The van der Waals surface area contributed by atoms with Crippen molar-refractivity contribution in [1.82, 2.24) is 5.32 Å². The van der Waals surface area contributed by atoms with Crippen molar-refractivity contribution in [3.63, 3.8) is 0 Å². The second kappa shape index (κ2) is 34.2. The average Bonchev–Trinajstić information content (AvgIpc) is 3.08. The molecule has 0 aliphatic heterocycles. The minimum Gasteiger partial charge on any atom is -0.391 e. The molecule has 10 heteroatoms. The van der Waals surface area contributed by atoms with E-state index >= 15 is 0 Å². The summed E-state index contributed by atoms with van der Waals surface area (Å²) in [5, 5.41) is 23.8. The summed E-state index contributed by atoms with van der Waals surface area (Å²) in [5.74, 6) is -0.186. The quantitative estimate of drug-likeness (QED) is 0.0163. The van der Waals surface area contributed by atoms with Gasteiger partial charge >= 0.3 is 7.82 Å². The molecule has 0 aromatic heterocycles. The van der Waals surface area contributed by atoms with Gasteiger partial charge in [0.1, 0.15) is 13.2 Å². The number of aliphatic hydroxyl groups is 2. The normalized spacial score (nSPS) is 15.5. The van der Waals surface area contributed by atoms with Crippen molar-refractivity contribution >= 4 is 13.7 Å². The molecule has 4 atom stereocenters. The first-order valence-corrected chi connectivity index (χ1v) is 22.5. The first kappa shape index (κ1) is 50.7. The first-order chi connectivity index (χ1) is 24.9. The molecule has 0 aliphatic carbocycles. The molecule has 0 aromatic carbocycles. The summed E-state index contributed by atoms with van der Waals surface area (Å²) in [4.78, 5) is 23.1. The van der Waals surface area contributed by atoms with E-state index in [4.69, 9.17) is 9.05 Å². The molecule has 2 unspecified atom stereocenters. The molecular formula is C42H82N2O7P+. The Hall–Kier alpha value is -1.32. The molecule has 4 N–H and O–H groups in total. The molecular weight excluding hydrogens is 675 g/mol. The molecule has 306 valence electrons. The molecule has 0 spiro atoms. The SMILES string of the molecule is CC/C=C/CC(O)/C=C/C=C/CCCCCCCC(=O)N[C@@H](COP(=O)(O)OCC[N+](C)(C)C)[C@H](O)CCCCCCCCCCCCCCCC. The Labute approximate surface area is 319 Å². The van der Waals surface area contributed by atoms with Crippen LogP contribution in [0, 0.1) is 0 Å². The van der Waals surface area contributed by atoms with Gasteiger partial charge in [0.2, 0.25) is 5.91 Å². The number of rotatable bonds is 37. The molecule has 0 saturated carbocycles. The van der Waals surface area contributed by atoms with Crippen molar-refractivity contribution in [2.24, 2.45) is 0 Å². The van der Waals surface area contributed by atoms with Crippen molar-refractivity contribution in [2.75, 3.05) is 40.9 Å². The summed E-state index contributed by atoms with van der Waals surface area (Å²) < 4.78 is 23.5. The number of aliphatic hydroxyl groups excluding tert-OH is 2. The van der Waals surface area contributed by atoms with Gasteiger partial charge in [-0.3, -0.25) is 13.8 Å². The standard InChI is InChI=1S/C42H81N2O7P/c1-6-8-10-11-12-13-14-15-16-17-20-23-26-30-34-41(46)40(38-51-52(48,49)50-37-36-44(3,4)5)43-42(47)35-31-27-24-21-18-19-22-25-29-33-39(45)32-28-9-7-2/h9,22,25,28-29,33,39-41,45-46H,6-8,10-21,23-24,26-27,30-32,34-38H2,1-5H3,(H-,43,47,48,49)/p+1/b25-22+,28-9+,33-29+/t39?,40-,41+/m0/s1. The van der Waals surface area contributed by atoms with E-state index in [9.17, 15) is 24.5 Å². The highest BCUT2D eigenvalue weighted by Crippen LogP contribution is 2.43. The molecule has 0 radical (unpaired) electrons. The summed E-state index contributed by atoms with van der Waals surface area (Å²) in [6.45, 7) is 4.64. The minimum absolute atomic E-state index is 0.0601. The zero-order chi connectivity index (χ0) is 38.8. The van der Waals surface area contributed by atoms with E-state index in [1.165, 1.54) is 70.6 Å². The molecule has 9 nitrogen and oxygen atoms in total. The summed E-state index contributed by atoms with van der Waals surface area (Å²) in [6, 6.07) is -0.785. The fourth-order valence-electron chi connectivity index (χ4n) is 5.85. The van der Waals surface area contributed by atoms with Gasteiger partial charge in [-0.05, 0) is 38.5 Å². The van der Waals surface area contributed by atoms with Crippen molar-refractivity contribution in [2.45, 2.75) is 186 Å². The van der Waals surface area contributed by atoms with Gasteiger partial charge in [0.05, 0.1) is 46.0 Å². The van der Waals surface area contributed by atoms with Gasteiger partial charge in [0.15, 0.2) is 0 Å². The lowest BCUT2D eigenvalue weighted by atomic mass is 10.0. The fraction of sp³-hybridized carbons (Fsp3) is 0.833. The predicted molar refractivity (Wildman–Crippen MR) is 218 cm³/mol. The van der Waals surface area contributed by atoms with Crippen LogP contribution >= 0.6 is 7.82 Å². The smallest absolute Gasteiger partial charge is 0.391 e. The van der Waals surface area contributed by atoms with E-state index in [0.717, 1.165) is 64.2 Å². The van der Waals surface area contributed by atoms with E-state index in [-0.39, 0.29) is 19.1 Å². The zero-order valence-electron chi connectivity index (χ0n) is 34.2. The molecule has 0 rings (SSSR count). The second-order valence-corrected chi connectivity index (χ2v) is 17.0. The lowest BCUT2D eigenvalue weighted by Gasteiger charge is -2.26. The largest absolute Gasteiger partial charge is 0.472 e. The van der Waals surface area contributed by atoms with E-state index in [0.29, 0.717) is 30.3 Å². The van der Waals surface area contributed by atoms with Gasteiger partial charge in [-0.2, -0.15) is 0 Å². The molecule has 1 amide bonds. The Morgan fingerprint density at radius 1 is 0.731 bits per heavy atom. The van der Waals surface area contributed by atoms with Crippen LogP contribution in [0.15, 0.2) is 36.5 Å². The topological polar surface area (TPSA) is 125 Å². The Morgan fingerprint density at radius 2 is 1.29 bits per heavy atom. The van der Waals surface area contributed by atoms with Gasteiger partial charge in [0.25, 0.3) is 0 Å². The number of hydrogen-bond acceptors (Lipinski definition) is 6. The molecule has 0 bridgehead atoms. The predicted octanol–water partition coefficient (Wildman–Crippen LogP) is 10.1. The number of quaternary nitrogens is 1. The van der Waals surface area contributed by atoms with Gasteiger partial charge in [0, 0.05) is 6.42 Å². The van der Waals surface area contributed by atoms with E-state index in [2.05, 4.69) is 31.3 Å². The number of hydrogen-bond donors (Lipinski definition) is 4. The van der Waals surface area contributed by atoms with Crippen molar-refractivity contribution in [3.8, 4) is 0 Å². The highest BCUT2D eigenvalue weighted by atomic mass is 31.2. The Bertz CT molecular complexity index is 966. The van der Waals surface area contributed by atoms with Crippen LogP contribution in [0.5, 0.6) is 0 Å². The summed E-state index contributed by atoms with van der Waals surface area (Å²) >= 11 is 0. The maximum absolute atomic E-state index is 12.8. The monoisotopic (exact) mass is 758 g/mol. The molecule has 0 heterocycles. The lowest BCUT2D eigenvalue weighted by Crippen LogP contribution is -2.46. The zero-order valence-corrected chi connectivity index (χ0v) is 35.1. The van der Waals surface area contributed by atoms with Gasteiger partial charge < -0.3 is 24.9 Å². The first-order valence-electron chi connectivity index (χ1n) is 21.0. The highest BCUT2D eigenvalue weighted by Gasteiger charge is 2.28. The maximum atomic E-state index is 12.8. The summed E-state index contributed by atoms with van der Waals surface area (Å²) in [7, 11) is 1.56. The van der Waals surface area contributed by atoms with Crippen LogP contribution in [0.4, 0.5) is 0 Å². The van der Waals surface area contributed by atoms with Crippen LogP contribution in [0.25, 0.3) is 0 Å². The number of nitrogens with zero attached hydrogens (tertiary/aromatic N) is 1. The van der Waals surface area contributed by atoms with Crippen molar-refractivity contribution < 1.29 is 38.0 Å². The van der Waals surface area contributed by atoms with Gasteiger partial charge in [-0.25, -0.2) is 4.57 Å². The third kappa shape index (κ3) is 35.7. The summed E-state index contributed by atoms with van der Waals surface area (Å²) in [6.07, 6.45) is 36.3. The number of phosphoric acid groups is 1. The number of phosphoric ester groups is 1. The number of unbranched alkanes of at least 4 members (excludes halogenated alkanes) is 18. The van der Waals surface area contributed by atoms with Crippen LogP contribution in [0.2, 0.25) is 0 Å². The Balaban J connectivity index is 4.49. The molecule has 0 saturated heterocycles. The average molecular weight is 758 g/mol. The van der Waals surface area contributed by atoms with Crippen LogP contribution in [-0.2, 0) is 18.4 Å². The number of carbonyl (C=O) groups excluding carboxylic acids is 1. The number of likely N-dealkylation sites (N-methyl/N-ethyl adjacent to an activating group) is 1. The third-order valence-corrected chi connectivity index (χ3v) is 10.2. The molecule has 52 heavy (non-hydrogen) atoms. The number of amides is 1. The van der Waals surface area contributed by atoms with Crippen LogP contribution in [0.1, 0.15) is 168 Å². The minimum atomic E-state index is -4.33. The van der Waals surface area contributed by atoms with Gasteiger partial charge in [-0.1, -0.05) is 159 Å². The summed E-state index contributed by atoms with van der Waals surface area (Å²) in [5.41, 5.74) is 0. The Morgan fingerprint density at radius 3 is 1.87 bits per heavy atom. The number of carbonyl (C=O) groups is 1. The fourth-order valence-corrected chi connectivity index (χ4v) is 6.58. The van der Waals surface area contributed by atoms with Crippen molar-refractivity contribution in [1.29, 1.82) is 0 Å². The maximum Gasteiger partial charge on any atom is 0.472 e.